The Labute approximate surface area is 108 Å². The number of nitrogens with two attached hydrogens (primary N) is 1. The van der Waals surface area contributed by atoms with Crippen molar-refractivity contribution in [1.29, 1.82) is 0 Å². The van der Waals surface area contributed by atoms with Crippen LogP contribution in [0.25, 0.3) is 0 Å². The first-order chi connectivity index (χ1) is 8.58. The number of pyridine rings is 1. The molecule has 0 radical (unpaired) electrons. The summed E-state index contributed by atoms with van der Waals surface area (Å²) in [6, 6.07) is 3.55. The molecule has 0 aliphatic heterocycles. The molecule has 1 heterocycles. The van der Waals surface area contributed by atoms with Crippen LogP contribution in [0.1, 0.15) is 37.9 Å². The lowest BCUT2D eigenvalue weighted by molar-refractivity contribution is 0.242. The monoisotopic (exact) mass is 251 g/mol. The first kappa shape index (κ1) is 14.3. The van der Waals surface area contributed by atoms with E-state index in [1.54, 1.807) is 12.1 Å². The summed E-state index contributed by atoms with van der Waals surface area (Å²) in [5.74, 6) is 0.895. The quantitative estimate of drug-likeness (QED) is 0.352. The fraction of sp³-hybridized carbons (Fsp3) is 0.538. The molecule has 0 saturated carbocycles. The Hall–Kier alpha value is -1.78. The number of ether oxygens (including phenoxy) is 1. The number of amidine groups is 1. The van der Waals surface area contributed by atoms with Gasteiger partial charge in [0.25, 0.3) is 0 Å². The molecular formula is C13H21N3O2. The number of hydrogen-bond acceptors (Lipinski definition) is 4. The van der Waals surface area contributed by atoms with Gasteiger partial charge in [-0.2, -0.15) is 0 Å². The van der Waals surface area contributed by atoms with Crippen molar-refractivity contribution < 1.29 is 9.94 Å². The Morgan fingerprint density at radius 2 is 2.28 bits per heavy atom. The van der Waals surface area contributed by atoms with Gasteiger partial charge in [0.2, 0.25) is 5.88 Å². The van der Waals surface area contributed by atoms with E-state index < -0.39 is 0 Å². The van der Waals surface area contributed by atoms with Gasteiger partial charge in [-0.3, -0.25) is 0 Å². The van der Waals surface area contributed by atoms with Crippen LogP contribution in [0.5, 0.6) is 5.88 Å². The van der Waals surface area contributed by atoms with Crippen molar-refractivity contribution in [3.8, 4) is 5.88 Å². The van der Waals surface area contributed by atoms with Crippen LogP contribution in [0.3, 0.4) is 0 Å². The normalized spacial score (nSPS) is 13.4. The van der Waals surface area contributed by atoms with E-state index in [1.165, 1.54) is 0 Å². The number of aryl methyl sites for hydroxylation is 1. The van der Waals surface area contributed by atoms with Crippen LogP contribution in [0.2, 0.25) is 0 Å². The highest BCUT2D eigenvalue weighted by Gasteiger charge is 2.11. The van der Waals surface area contributed by atoms with Gasteiger partial charge in [-0.1, -0.05) is 25.4 Å². The third-order valence-corrected chi connectivity index (χ3v) is 2.67. The average Bonchev–Trinajstić information content (AvgIpc) is 2.36. The minimum absolute atomic E-state index is 0.0145. The summed E-state index contributed by atoms with van der Waals surface area (Å²) in [7, 11) is 0. The third kappa shape index (κ3) is 3.91. The van der Waals surface area contributed by atoms with Crippen LogP contribution in [-0.2, 0) is 0 Å². The smallest absolute Gasteiger partial charge is 0.224 e. The maximum atomic E-state index is 8.72. The Balaban J connectivity index is 2.83. The summed E-state index contributed by atoms with van der Waals surface area (Å²) in [5, 5.41) is 11.7. The van der Waals surface area contributed by atoms with Gasteiger partial charge >= 0.3 is 0 Å². The maximum Gasteiger partial charge on any atom is 0.224 e. The van der Waals surface area contributed by atoms with Gasteiger partial charge in [0.05, 0.1) is 12.2 Å². The van der Waals surface area contributed by atoms with Gasteiger partial charge in [0.1, 0.15) is 0 Å². The first-order valence-corrected chi connectivity index (χ1v) is 6.16. The second-order valence-corrected chi connectivity index (χ2v) is 4.50. The van der Waals surface area contributed by atoms with Crippen LogP contribution in [0.15, 0.2) is 17.3 Å². The van der Waals surface area contributed by atoms with Gasteiger partial charge in [-0.25, -0.2) is 4.98 Å². The Morgan fingerprint density at radius 3 is 2.89 bits per heavy atom. The van der Waals surface area contributed by atoms with Gasteiger partial charge in [0, 0.05) is 5.69 Å². The molecule has 0 fully saturated rings. The van der Waals surface area contributed by atoms with Crippen LogP contribution < -0.4 is 10.5 Å². The van der Waals surface area contributed by atoms with Crippen LogP contribution in [-0.4, -0.2) is 22.6 Å². The van der Waals surface area contributed by atoms with Crippen molar-refractivity contribution in [3.05, 3.63) is 23.4 Å². The average molecular weight is 251 g/mol. The molecule has 3 N–H and O–H groups in total. The molecule has 0 saturated heterocycles. The fourth-order valence-corrected chi connectivity index (χ4v) is 1.69. The number of aromatic nitrogens is 1. The maximum absolute atomic E-state index is 8.72. The summed E-state index contributed by atoms with van der Waals surface area (Å²) in [5.41, 5.74) is 6.95. The van der Waals surface area contributed by atoms with Crippen molar-refractivity contribution >= 4 is 5.84 Å². The molecule has 0 aliphatic rings. The molecular weight excluding hydrogens is 230 g/mol. The Bertz CT molecular complexity index is 419. The highest BCUT2D eigenvalue weighted by Crippen LogP contribution is 2.17. The molecule has 18 heavy (non-hydrogen) atoms. The first-order valence-electron chi connectivity index (χ1n) is 6.16. The molecule has 5 heteroatoms. The molecule has 100 valence electrons. The summed E-state index contributed by atoms with van der Waals surface area (Å²) < 4.78 is 5.67. The Kier molecular flexibility index (Phi) is 5.42. The second kappa shape index (κ2) is 6.83. The van der Waals surface area contributed by atoms with Crippen LogP contribution in [0.4, 0.5) is 0 Å². The van der Waals surface area contributed by atoms with E-state index in [9.17, 15) is 0 Å². The second-order valence-electron chi connectivity index (χ2n) is 4.50. The fourth-order valence-electron chi connectivity index (χ4n) is 1.69. The third-order valence-electron chi connectivity index (χ3n) is 2.67. The summed E-state index contributed by atoms with van der Waals surface area (Å²) >= 11 is 0. The van der Waals surface area contributed by atoms with E-state index in [1.807, 2.05) is 6.92 Å². The topological polar surface area (TPSA) is 80.7 Å². The molecule has 1 rings (SSSR count). The molecule has 1 aromatic heterocycles. The number of oxime groups is 1. The molecule has 1 atom stereocenters. The van der Waals surface area contributed by atoms with Crippen LogP contribution >= 0.6 is 0 Å². The zero-order valence-electron chi connectivity index (χ0n) is 11.2. The SMILES string of the molecule is CCCC(C)COc1nc(C)ccc1/C(N)=N/O. The van der Waals surface area contributed by atoms with E-state index in [-0.39, 0.29) is 5.84 Å². The highest BCUT2D eigenvalue weighted by atomic mass is 16.5. The molecule has 5 nitrogen and oxygen atoms in total. The van der Waals surface area contributed by atoms with Crippen molar-refractivity contribution in [2.24, 2.45) is 16.8 Å². The molecule has 0 spiro atoms. The number of hydrogen-bond donors (Lipinski definition) is 2. The lowest BCUT2D eigenvalue weighted by Crippen LogP contribution is -2.17. The summed E-state index contributed by atoms with van der Waals surface area (Å²) in [6.45, 7) is 6.72. The zero-order chi connectivity index (χ0) is 13.5. The summed E-state index contributed by atoms with van der Waals surface area (Å²) in [6.07, 6.45) is 2.23. The van der Waals surface area contributed by atoms with E-state index in [2.05, 4.69) is 24.0 Å². The Morgan fingerprint density at radius 1 is 1.56 bits per heavy atom. The van der Waals surface area contributed by atoms with E-state index >= 15 is 0 Å². The highest BCUT2D eigenvalue weighted by molar-refractivity contribution is 5.99. The molecule has 0 aromatic carbocycles. The summed E-state index contributed by atoms with van der Waals surface area (Å²) in [4.78, 5) is 4.28. The minimum Gasteiger partial charge on any atom is -0.477 e. The van der Waals surface area contributed by atoms with Crippen molar-refractivity contribution in [1.82, 2.24) is 4.98 Å². The number of rotatable bonds is 6. The van der Waals surface area contributed by atoms with Gasteiger partial charge in [0.15, 0.2) is 5.84 Å². The molecule has 1 aromatic rings. The van der Waals surface area contributed by atoms with Crippen molar-refractivity contribution in [2.45, 2.75) is 33.6 Å². The van der Waals surface area contributed by atoms with Gasteiger partial charge in [-0.05, 0) is 31.4 Å². The van der Waals surface area contributed by atoms with E-state index in [0.29, 0.717) is 24.0 Å². The van der Waals surface area contributed by atoms with Gasteiger partial charge < -0.3 is 15.7 Å². The standard InChI is InChI=1S/C13H21N3O2/c1-4-5-9(2)8-18-13-11(12(14)16-17)7-6-10(3)15-13/h6-7,9,17H,4-5,8H2,1-3H3,(H2,14,16). The molecule has 0 bridgehead atoms. The molecule has 0 amide bonds. The van der Waals surface area contributed by atoms with Crippen molar-refractivity contribution in [3.63, 3.8) is 0 Å². The van der Waals surface area contributed by atoms with Crippen LogP contribution in [0, 0.1) is 12.8 Å². The predicted octanol–water partition coefficient (Wildman–Crippen LogP) is 2.30. The molecule has 0 aliphatic carbocycles. The predicted molar refractivity (Wildman–Crippen MR) is 71.1 cm³/mol. The van der Waals surface area contributed by atoms with Gasteiger partial charge in [-0.15, -0.1) is 0 Å². The lowest BCUT2D eigenvalue weighted by atomic mass is 10.1. The lowest BCUT2D eigenvalue weighted by Gasteiger charge is -2.14. The molecule has 1 unspecified atom stereocenters. The van der Waals surface area contributed by atoms with E-state index in [4.69, 9.17) is 15.7 Å². The number of nitrogens with zero attached hydrogens (tertiary/aromatic N) is 2. The van der Waals surface area contributed by atoms with E-state index in [0.717, 1.165) is 18.5 Å². The minimum atomic E-state index is 0.0145. The van der Waals surface area contributed by atoms with Crippen molar-refractivity contribution in [2.75, 3.05) is 6.61 Å². The zero-order valence-corrected chi connectivity index (χ0v) is 11.2. The largest absolute Gasteiger partial charge is 0.477 e.